The highest BCUT2D eigenvalue weighted by Crippen LogP contribution is 2.38. The third-order valence-corrected chi connectivity index (χ3v) is 5.25. The number of nitrogens with zero attached hydrogens (tertiary/aromatic N) is 3. The number of para-hydroxylation sites is 1. The van der Waals surface area contributed by atoms with Crippen molar-refractivity contribution in [3.63, 3.8) is 0 Å². The minimum Gasteiger partial charge on any atom is -0.384 e. The van der Waals surface area contributed by atoms with Crippen LogP contribution in [-0.2, 0) is 17.8 Å². The first-order valence-electron chi connectivity index (χ1n) is 9.14. The minimum absolute atomic E-state index is 0.0385. The monoisotopic (exact) mass is 351 g/mol. The Morgan fingerprint density at radius 1 is 1.38 bits per heavy atom. The van der Waals surface area contributed by atoms with Crippen LogP contribution in [0.5, 0.6) is 0 Å². The number of aromatic nitrogens is 3. The quantitative estimate of drug-likeness (QED) is 0.761. The van der Waals surface area contributed by atoms with E-state index in [1.165, 1.54) is 16.6 Å². The molecule has 136 valence electrons. The fourth-order valence-electron chi connectivity index (χ4n) is 4.15. The molecule has 0 aliphatic carbocycles. The van der Waals surface area contributed by atoms with Crippen molar-refractivity contribution >= 4 is 22.6 Å². The Labute approximate surface area is 153 Å². The van der Waals surface area contributed by atoms with Gasteiger partial charge in [-0.2, -0.15) is 5.10 Å². The van der Waals surface area contributed by atoms with E-state index >= 15 is 0 Å². The van der Waals surface area contributed by atoms with E-state index in [0.717, 1.165) is 24.2 Å². The van der Waals surface area contributed by atoms with Gasteiger partial charge in [0, 0.05) is 29.2 Å². The van der Waals surface area contributed by atoms with Crippen molar-refractivity contribution in [3.05, 3.63) is 47.3 Å². The molecule has 3 heterocycles. The summed E-state index contributed by atoms with van der Waals surface area (Å²) in [5.74, 6) is 0.894. The first kappa shape index (κ1) is 16.7. The highest BCUT2D eigenvalue weighted by atomic mass is 16.2. The van der Waals surface area contributed by atoms with Crippen LogP contribution in [0, 0.1) is 12.8 Å². The first-order valence-corrected chi connectivity index (χ1v) is 9.14. The van der Waals surface area contributed by atoms with Crippen LogP contribution in [0.4, 0.5) is 5.82 Å². The number of hydrogen-bond donors (Lipinski definition) is 2. The molecule has 0 radical (unpaired) electrons. The number of nitrogens with one attached hydrogen (secondary N) is 1. The summed E-state index contributed by atoms with van der Waals surface area (Å²) in [4.78, 5) is 18.6. The predicted molar refractivity (Wildman–Crippen MR) is 103 cm³/mol. The van der Waals surface area contributed by atoms with Crippen LogP contribution in [-0.4, -0.2) is 32.1 Å². The standard InChI is InChI=1S/C20H25N5O/c1-12(2)20-19-15(14-6-4-5-7-16(14)22-19)8-9-24(20)18(26)11-25-17(21)10-13(3)23-25/h4-7,10,12,20,22H,8-9,11,21H2,1-3H3. The molecule has 0 fully saturated rings. The van der Waals surface area contributed by atoms with Crippen molar-refractivity contribution in [2.45, 2.75) is 39.8 Å². The SMILES string of the molecule is Cc1cc(N)n(CC(=O)N2CCc3c([nH]c4ccccc34)C2C(C)C)n1. The normalized spacial score (nSPS) is 17.1. The smallest absolute Gasteiger partial charge is 0.244 e. The van der Waals surface area contributed by atoms with Crippen molar-refractivity contribution in [1.29, 1.82) is 0 Å². The summed E-state index contributed by atoms with van der Waals surface area (Å²) in [5, 5.41) is 5.60. The van der Waals surface area contributed by atoms with Crippen LogP contribution in [0.2, 0.25) is 0 Å². The number of aryl methyl sites for hydroxylation is 1. The summed E-state index contributed by atoms with van der Waals surface area (Å²) in [6.45, 7) is 7.11. The number of nitrogen functional groups attached to an aromatic ring is 1. The van der Waals surface area contributed by atoms with Gasteiger partial charge in [0.2, 0.25) is 5.91 Å². The van der Waals surface area contributed by atoms with E-state index in [1.54, 1.807) is 10.7 Å². The van der Waals surface area contributed by atoms with Crippen LogP contribution in [0.1, 0.15) is 36.8 Å². The number of carbonyl (C=O) groups is 1. The van der Waals surface area contributed by atoms with Crippen molar-refractivity contribution in [2.24, 2.45) is 5.92 Å². The molecule has 1 aromatic carbocycles. The van der Waals surface area contributed by atoms with Gasteiger partial charge in [-0.1, -0.05) is 32.0 Å². The molecule has 26 heavy (non-hydrogen) atoms. The molecule has 4 rings (SSSR count). The zero-order chi connectivity index (χ0) is 18.4. The topological polar surface area (TPSA) is 79.9 Å². The highest BCUT2D eigenvalue weighted by molar-refractivity contribution is 5.86. The molecule has 0 bridgehead atoms. The van der Waals surface area contributed by atoms with E-state index in [4.69, 9.17) is 5.73 Å². The third kappa shape index (κ3) is 2.66. The number of anilines is 1. The summed E-state index contributed by atoms with van der Waals surface area (Å²) < 4.78 is 1.59. The van der Waals surface area contributed by atoms with Crippen molar-refractivity contribution in [2.75, 3.05) is 12.3 Å². The number of aromatic amines is 1. The maximum Gasteiger partial charge on any atom is 0.244 e. The Morgan fingerprint density at radius 2 is 2.15 bits per heavy atom. The summed E-state index contributed by atoms with van der Waals surface area (Å²) in [6, 6.07) is 10.2. The number of carbonyl (C=O) groups excluding carboxylic acids is 1. The summed E-state index contributed by atoms with van der Waals surface area (Å²) in [6.07, 6.45) is 0.863. The number of amides is 1. The van der Waals surface area contributed by atoms with Crippen molar-refractivity contribution in [3.8, 4) is 0 Å². The predicted octanol–water partition coefficient (Wildman–Crippen LogP) is 3.04. The van der Waals surface area contributed by atoms with E-state index in [0.29, 0.717) is 11.7 Å². The lowest BCUT2D eigenvalue weighted by Gasteiger charge is -2.38. The molecule has 0 saturated carbocycles. The molecule has 3 N–H and O–H groups in total. The molecule has 1 atom stereocenters. The van der Waals surface area contributed by atoms with Crippen LogP contribution in [0.3, 0.4) is 0 Å². The number of H-pyrrole nitrogens is 1. The Morgan fingerprint density at radius 3 is 2.85 bits per heavy atom. The highest BCUT2D eigenvalue weighted by Gasteiger charge is 2.35. The third-order valence-electron chi connectivity index (χ3n) is 5.25. The molecule has 1 aliphatic rings. The molecule has 0 spiro atoms. The lowest BCUT2D eigenvalue weighted by molar-refractivity contribution is -0.136. The van der Waals surface area contributed by atoms with E-state index in [9.17, 15) is 4.79 Å². The largest absolute Gasteiger partial charge is 0.384 e. The first-order chi connectivity index (χ1) is 12.5. The zero-order valence-electron chi connectivity index (χ0n) is 15.5. The average Bonchev–Trinajstić information content (AvgIpc) is 3.12. The second-order valence-corrected chi connectivity index (χ2v) is 7.46. The van der Waals surface area contributed by atoms with Crippen molar-refractivity contribution in [1.82, 2.24) is 19.7 Å². The molecule has 0 saturated heterocycles. The Kier molecular flexibility index (Phi) is 3.98. The Hall–Kier alpha value is -2.76. The number of fused-ring (bicyclic) bond motifs is 3. The lowest BCUT2D eigenvalue weighted by atomic mass is 9.90. The van der Waals surface area contributed by atoms with Crippen LogP contribution < -0.4 is 5.73 Å². The van der Waals surface area contributed by atoms with Gasteiger partial charge >= 0.3 is 0 Å². The summed E-state index contributed by atoms with van der Waals surface area (Å²) in [7, 11) is 0. The van der Waals surface area contributed by atoms with E-state index in [2.05, 4.69) is 42.1 Å². The minimum atomic E-state index is 0.0385. The number of rotatable bonds is 3. The Balaban J connectivity index is 1.68. The van der Waals surface area contributed by atoms with E-state index in [1.807, 2.05) is 17.9 Å². The maximum absolute atomic E-state index is 13.1. The van der Waals surface area contributed by atoms with Gasteiger partial charge in [-0.15, -0.1) is 0 Å². The van der Waals surface area contributed by atoms with Gasteiger partial charge < -0.3 is 15.6 Å². The van der Waals surface area contributed by atoms with Gasteiger partial charge in [0.15, 0.2) is 0 Å². The van der Waals surface area contributed by atoms with Crippen LogP contribution in [0.15, 0.2) is 30.3 Å². The maximum atomic E-state index is 13.1. The van der Waals surface area contributed by atoms with Crippen LogP contribution >= 0.6 is 0 Å². The van der Waals surface area contributed by atoms with Gasteiger partial charge in [0.05, 0.1) is 11.7 Å². The second-order valence-electron chi connectivity index (χ2n) is 7.46. The molecule has 6 nitrogen and oxygen atoms in total. The van der Waals surface area contributed by atoms with Crippen molar-refractivity contribution < 1.29 is 4.79 Å². The summed E-state index contributed by atoms with van der Waals surface area (Å²) >= 11 is 0. The molecule has 1 unspecified atom stereocenters. The molecule has 3 aromatic rings. The van der Waals surface area contributed by atoms with Crippen LogP contribution in [0.25, 0.3) is 10.9 Å². The molecule has 1 aliphatic heterocycles. The van der Waals surface area contributed by atoms with E-state index < -0.39 is 0 Å². The molecular formula is C20H25N5O. The number of hydrogen-bond acceptors (Lipinski definition) is 3. The van der Waals surface area contributed by atoms with Gasteiger partial charge in [-0.3, -0.25) is 4.79 Å². The zero-order valence-corrected chi connectivity index (χ0v) is 15.5. The van der Waals surface area contributed by atoms with E-state index in [-0.39, 0.29) is 18.5 Å². The average molecular weight is 351 g/mol. The number of benzene rings is 1. The second kappa shape index (κ2) is 6.20. The molecular weight excluding hydrogens is 326 g/mol. The fraction of sp³-hybridized carbons (Fsp3) is 0.400. The number of nitrogens with two attached hydrogens (primary N) is 1. The van der Waals surface area contributed by atoms with Gasteiger partial charge in [0.1, 0.15) is 12.4 Å². The van der Waals surface area contributed by atoms with Gasteiger partial charge in [-0.05, 0) is 30.9 Å². The molecule has 6 heteroatoms. The van der Waals surface area contributed by atoms with Gasteiger partial charge in [-0.25, -0.2) is 4.68 Å². The molecule has 2 aromatic heterocycles. The Bertz CT molecular complexity index is 968. The summed E-state index contributed by atoms with van der Waals surface area (Å²) in [5.41, 5.74) is 10.5. The fourth-order valence-corrected chi connectivity index (χ4v) is 4.15. The van der Waals surface area contributed by atoms with Gasteiger partial charge in [0.25, 0.3) is 0 Å². The lowest BCUT2D eigenvalue weighted by Crippen LogP contribution is -2.43. The molecule has 1 amide bonds.